The van der Waals surface area contributed by atoms with Gasteiger partial charge in [0.25, 0.3) is 0 Å². The molecule has 0 radical (unpaired) electrons. The molecular weight excluding hydrogens is 399 g/mol. The summed E-state index contributed by atoms with van der Waals surface area (Å²) in [6, 6.07) is 12.9. The molecule has 0 unspecified atom stereocenters. The lowest BCUT2D eigenvalue weighted by atomic mass is 9.87. The molecule has 6 nitrogen and oxygen atoms in total. The van der Waals surface area contributed by atoms with Crippen LogP contribution in [0.2, 0.25) is 10.0 Å². The molecule has 1 aliphatic heterocycles. The second-order valence-electron chi connectivity index (χ2n) is 6.97. The van der Waals surface area contributed by atoms with Crippen molar-refractivity contribution in [3.05, 3.63) is 70.7 Å². The maximum atomic E-state index is 6.52. The Kier molecular flexibility index (Phi) is 5.44. The Balaban J connectivity index is 1.54. The van der Waals surface area contributed by atoms with Crippen LogP contribution in [0.3, 0.4) is 0 Å². The number of halogens is 2. The van der Waals surface area contributed by atoms with Crippen LogP contribution in [0.1, 0.15) is 12.0 Å². The molecular formula is C20H20Cl2N4O2. The molecule has 0 aliphatic carbocycles. The molecule has 1 aromatic heterocycles. The van der Waals surface area contributed by atoms with Crippen LogP contribution >= 0.6 is 23.2 Å². The van der Waals surface area contributed by atoms with Crippen LogP contribution < -0.4 is 10.5 Å². The van der Waals surface area contributed by atoms with Gasteiger partial charge in [-0.3, -0.25) is 0 Å². The molecule has 0 bridgehead atoms. The van der Waals surface area contributed by atoms with Crippen molar-refractivity contribution in [3.8, 4) is 5.75 Å². The lowest BCUT2D eigenvalue weighted by Gasteiger charge is -2.30. The highest BCUT2D eigenvalue weighted by molar-refractivity contribution is 6.35. The Bertz CT molecular complexity index is 934. The first kappa shape index (κ1) is 19.1. The van der Waals surface area contributed by atoms with E-state index in [0.29, 0.717) is 35.5 Å². The molecule has 0 spiro atoms. The number of aromatic nitrogens is 3. The second kappa shape index (κ2) is 7.99. The fourth-order valence-corrected chi connectivity index (χ4v) is 4.15. The molecule has 2 atom stereocenters. The highest BCUT2D eigenvalue weighted by Crippen LogP contribution is 2.44. The molecule has 1 fully saturated rings. The number of hydrogen-bond donors (Lipinski definition) is 1. The van der Waals surface area contributed by atoms with Crippen LogP contribution in [0.5, 0.6) is 5.75 Å². The monoisotopic (exact) mass is 418 g/mol. The summed E-state index contributed by atoms with van der Waals surface area (Å²) in [5.74, 6) is 0.986. The maximum Gasteiger partial charge on any atom is 0.137 e. The molecule has 1 aliphatic rings. The van der Waals surface area contributed by atoms with Crippen molar-refractivity contribution >= 4 is 28.9 Å². The minimum Gasteiger partial charge on any atom is -0.493 e. The second-order valence-corrected chi connectivity index (χ2v) is 7.82. The van der Waals surface area contributed by atoms with Crippen molar-refractivity contribution in [2.24, 2.45) is 5.92 Å². The largest absolute Gasteiger partial charge is 0.493 e. The summed E-state index contributed by atoms with van der Waals surface area (Å²) in [5.41, 5.74) is 6.70. The van der Waals surface area contributed by atoms with Gasteiger partial charge in [0, 0.05) is 27.2 Å². The topological polar surface area (TPSA) is 75.2 Å². The molecule has 1 saturated heterocycles. The van der Waals surface area contributed by atoms with Gasteiger partial charge in [0.2, 0.25) is 0 Å². The van der Waals surface area contributed by atoms with Gasteiger partial charge in [-0.05, 0) is 42.8 Å². The maximum absolute atomic E-state index is 6.52. The fraction of sp³-hybridized carbons (Fsp3) is 0.300. The number of nitrogens with zero attached hydrogens (tertiary/aromatic N) is 3. The van der Waals surface area contributed by atoms with Gasteiger partial charge in [0.15, 0.2) is 0 Å². The van der Waals surface area contributed by atoms with Crippen molar-refractivity contribution in [1.29, 1.82) is 0 Å². The molecule has 4 rings (SSSR count). The summed E-state index contributed by atoms with van der Waals surface area (Å²) in [7, 11) is 0. The van der Waals surface area contributed by atoms with E-state index in [1.165, 1.54) is 6.33 Å². The number of benzene rings is 2. The zero-order valence-electron chi connectivity index (χ0n) is 15.1. The highest BCUT2D eigenvalue weighted by Gasteiger charge is 2.44. The Morgan fingerprint density at radius 1 is 1.21 bits per heavy atom. The van der Waals surface area contributed by atoms with Gasteiger partial charge in [-0.1, -0.05) is 29.3 Å². The number of nitrogens with two attached hydrogens (primary N) is 1. The van der Waals surface area contributed by atoms with E-state index < -0.39 is 5.60 Å². The average Bonchev–Trinajstić information content (AvgIpc) is 3.32. The molecule has 2 N–H and O–H groups in total. The first-order valence-electron chi connectivity index (χ1n) is 8.94. The SMILES string of the molecule is Nc1ccc(OC[C@@H]2CO[C@@](Cn3cncn3)(c3ccc(Cl)cc3Cl)C2)cc1. The Hall–Kier alpha value is -2.28. The zero-order valence-corrected chi connectivity index (χ0v) is 16.6. The number of ether oxygens (including phenoxy) is 2. The molecule has 0 amide bonds. The average molecular weight is 419 g/mol. The van der Waals surface area contributed by atoms with Crippen molar-refractivity contribution in [3.63, 3.8) is 0 Å². The zero-order chi connectivity index (χ0) is 19.6. The minimum atomic E-state index is -0.621. The normalized spacial score (nSPS) is 21.7. The Morgan fingerprint density at radius 2 is 2.04 bits per heavy atom. The van der Waals surface area contributed by atoms with Crippen LogP contribution in [0, 0.1) is 5.92 Å². The number of rotatable bonds is 6. The predicted molar refractivity (Wildman–Crippen MR) is 109 cm³/mol. The third-order valence-corrected chi connectivity index (χ3v) is 5.43. The van der Waals surface area contributed by atoms with Crippen LogP contribution in [0.25, 0.3) is 0 Å². The van der Waals surface area contributed by atoms with Crippen LogP contribution in [0.15, 0.2) is 55.1 Å². The van der Waals surface area contributed by atoms with Gasteiger partial charge in [0.1, 0.15) is 24.0 Å². The third-order valence-electron chi connectivity index (χ3n) is 4.89. The van der Waals surface area contributed by atoms with E-state index in [-0.39, 0.29) is 5.92 Å². The van der Waals surface area contributed by atoms with Gasteiger partial charge >= 0.3 is 0 Å². The summed E-state index contributed by atoms with van der Waals surface area (Å²) in [6.07, 6.45) is 3.92. The lowest BCUT2D eigenvalue weighted by molar-refractivity contribution is -0.0179. The summed E-state index contributed by atoms with van der Waals surface area (Å²) in [5, 5.41) is 5.40. The Labute approximate surface area is 173 Å². The van der Waals surface area contributed by atoms with E-state index in [4.69, 9.17) is 38.4 Å². The van der Waals surface area contributed by atoms with Crippen molar-refractivity contribution in [2.45, 2.75) is 18.6 Å². The molecule has 28 heavy (non-hydrogen) atoms. The first-order valence-corrected chi connectivity index (χ1v) is 9.70. The van der Waals surface area contributed by atoms with Gasteiger partial charge in [-0.15, -0.1) is 0 Å². The van der Waals surface area contributed by atoms with Crippen molar-refractivity contribution < 1.29 is 9.47 Å². The summed E-state index contributed by atoms with van der Waals surface area (Å²) < 4.78 is 14.0. The van der Waals surface area contributed by atoms with E-state index in [1.807, 2.05) is 36.4 Å². The number of hydrogen-bond acceptors (Lipinski definition) is 5. The van der Waals surface area contributed by atoms with Crippen LogP contribution in [-0.4, -0.2) is 28.0 Å². The van der Waals surface area contributed by atoms with Gasteiger partial charge in [-0.25, -0.2) is 9.67 Å². The smallest absolute Gasteiger partial charge is 0.137 e. The fourth-order valence-electron chi connectivity index (χ4n) is 3.56. The molecule has 0 saturated carbocycles. The van der Waals surface area contributed by atoms with Gasteiger partial charge in [-0.2, -0.15) is 5.10 Å². The number of nitrogen functional groups attached to an aromatic ring is 1. The standard InChI is InChI=1S/C20H20Cl2N4O2/c21-15-1-6-18(19(22)7-15)20(11-26-13-24-12-25-26)8-14(10-28-20)9-27-17-4-2-16(23)3-5-17/h1-7,12-14H,8-11,23H2/t14-,20+/m1/s1. The summed E-state index contributed by atoms with van der Waals surface area (Å²) in [6.45, 7) is 1.60. The first-order chi connectivity index (χ1) is 13.5. The third kappa shape index (κ3) is 4.09. The molecule has 2 aromatic carbocycles. The highest BCUT2D eigenvalue weighted by atomic mass is 35.5. The summed E-state index contributed by atoms with van der Waals surface area (Å²) in [4.78, 5) is 4.03. The summed E-state index contributed by atoms with van der Waals surface area (Å²) >= 11 is 12.6. The molecule has 146 valence electrons. The quantitative estimate of drug-likeness (QED) is 0.607. The minimum absolute atomic E-state index is 0.202. The van der Waals surface area contributed by atoms with Crippen LogP contribution in [-0.2, 0) is 16.9 Å². The lowest BCUT2D eigenvalue weighted by Crippen LogP contribution is -2.32. The van der Waals surface area contributed by atoms with E-state index in [9.17, 15) is 0 Å². The Morgan fingerprint density at radius 3 is 2.75 bits per heavy atom. The van der Waals surface area contributed by atoms with E-state index in [2.05, 4.69) is 10.1 Å². The van der Waals surface area contributed by atoms with Crippen molar-refractivity contribution in [2.75, 3.05) is 18.9 Å². The van der Waals surface area contributed by atoms with E-state index in [1.54, 1.807) is 17.1 Å². The van der Waals surface area contributed by atoms with Crippen molar-refractivity contribution in [1.82, 2.24) is 14.8 Å². The van der Waals surface area contributed by atoms with E-state index >= 15 is 0 Å². The van der Waals surface area contributed by atoms with E-state index in [0.717, 1.165) is 17.7 Å². The molecule has 8 heteroatoms. The van der Waals surface area contributed by atoms with Crippen LogP contribution in [0.4, 0.5) is 5.69 Å². The predicted octanol–water partition coefficient (Wildman–Crippen LogP) is 4.18. The van der Waals surface area contributed by atoms with Gasteiger partial charge < -0.3 is 15.2 Å². The van der Waals surface area contributed by atoms with Gasteiger partial charge in [0.05, 0.1) is 19.8 Å². The molecule has 3 aromatic rings. The number of anilines is 1. The molecule has 2 heterocycles.